The molecule has 0 saturated heterocycles. The number of ether oxygens (including phenoxy) is 2. The molecule has 2 atom stereocenters. The largest absolute Gasteiger partial charge is 0.382 e. The van der Waals surface area contributed by atoms with Gasteiger partial charge in [0.05, 0.1) is 13.2 Å². The van der Waals surface area contributed by atoms with E-state index < -0.39 is 0 Å². The molecule has 0 aliphatic carbocycles. The number of rotatable bonds is 11. The van der Waals surface area contributed by atoms with Gasteiger partial charge >= 0.3 is 0 Å². The fourth-order valence-corrected chi connectivity index (χ4v) is 1.96. The van der Waals surface area contributed by atoms with E-state index in [-0.39, 0.29) is 0 Å². The molecule has 1 N–H and O–H groups in total. The molecule has 2 unspecified atom stereocenters. The average Bonchev–Trinajstić information content (AvgIpc) is 2.30. The van der Waals surface area contributed by atoms with Gasteiger partial charge in [-0.1, -0.05) is 20.8 Å². The predicted octanol–water partition coefficient (Wildman–Crippen LogP) is 2.45. The Kier molecular flexibility index (Phi) is 11.3. The molecule has 0 amide bonds. The Morgan fingerprint density at radius 3 is 2.44 bits per heavy atom. The van der Waals surface area contributed by atoms with Gasteiger partial charge in [0.15, 0.2) is 0 Å². The molecule has 16 heavy (non-hydrogen) atoms. The number of methoxy groups -OCH3 is 1. The van der Waals surface area contributed by atoms with Crippen molar-refractivity contribution in [1.82, 2.24) is 5.32 Å². The SMILES string of the molecule is CCNC(CC)C(C)CCCOCCOC. The van der Waals surface area contributed by atoms with Crippen LogP contribution >= 0.6 is 0 Å². The van der Waals surface area contributed by atoms with E-state index in [4.69, 9.17) is 9.47 Å². The van der Waals surface area contributed by atoms with Crippen LogP contribution in [0.15, 0.2) is 0 Å². The lowest BCUT2D eigenvalue weighted by Crippen LogP contribution is -2.34. The minimum absolute atomic E-state index is 0.656. The Morgan fingerprint density at radius 2 is 1.88 bits per heavy atom. The maximum absolute atomic E-state index is 5.45. The minimum atomic E-state index is 0.656. The molecule has 0 aromatic carbocycles. The number of nitrogens with one attached hydrogen (secondary N) is 1. The van der Waals surface area contributed by atoms with Gasteiger partial charge in [0.25, 0.3) is 0 Å². The van der Waals surface area contributed by atoms with Crippen molar-refractivity contribution in [3.63, 3.8) is 0 Å². The van der Waals surface area contributed by atoms with Crippen LogP contribution in [0.25, 0.3) is 0 Å². The molecule has 0 aromatic heterocycles. The summed E-state index contributed by atoms with van der Waals surface area (Å²) in [5, 5.41) is 3.53. The summed E-state index contributed by atoms with van der Waals surface area (Å²) in [6, 6.07) is 0.656. The minimum Gasteiger partial charge on any atom is -0.382 e. The Bertz CT molecular complexity index is 142. The van der Waals surface area contributed by atoms with Gasteiger partial charge in [-0.05, 0) is 31.7 Å². The molecule has 0 heterocycles. The van der Waals surface area contributed by atoms with E-state index in [2.05, 4.69) is 26.1 Å². The zero-order valence-electron chi connectivity index (χ0n) is 11.4. The van der Waals surface area contributed by atoms with E-state index in [1.165, 1.54) is 12.8 Å². The van der Waals surface area contributed by atoms with E-state index in [9.17, 15) is 0 Å². The predicted molar refractivity (Wildman–Crippen MR) is 68.8 cm³/mol. The molecule has 98 valence electrons. The van der Waals surface area contributed by atoms with Gasteiger partial charge < -0.3 is 14.8 Å². The molecule has 0 bridgehead atoms. The standard InChI is InChI=1S/C13H29NO2/c1-5-13(14-6-2)12(3)8-7-9-16-11-10-15-4/h12-14H,5-11H2,1-4H3. The Morgan fingerprint density at radius 1 is 1.12 bits per heavy atom. The van der Waals surface area contributed by atoms with Crippen LogP contribution in [0.2, 0.25) is 0 Å². The molecule has 0 aromatic rings. The highest BCUT2D eigenvalue weighted by molar-refractivity contribution is 4.71. The summed E-state index contributed by atoms with van der Waals surface area (Å²) in [5.74, 6) is 0.732. The van der Waals surface area contributed by atoms with E-state index in [0.717, 1.165) is 32.1 Å². The summed E-state index contributed by atoms with van der Waals surface area (Å²) < 4.78 is 10.4. The van der Waals surface area contributed by atoms with Gasteiger partial charge in [-0.15, -0.1) is 0 Å². The highest BCUT2D eigenvalue weighted by Crippen LogP contribution is 2.13. The van der Waals surface area contributed by atoms with Gasteiger partial charge in [0.2, 0.25) is 0 Å². The first-order valence-electron chi connectivity index (χ1n) is 6.56. The summed E-state index contributed by atoms with van der Waals surface area (Å²) in [4.78, 5) is 0. The molecule has 0 spiro atoms. The van der Waals surface area contributed by atoms with Crippen molar-refractivity contribution in [1.29, 1.82) is 0 Å². The van der Waals surface area contributed by atoms with Crippen molar-refractivity contribution in [2.75, 3.05) is 33.5 Å². The summed E-state index contributed by atoms with van der Waals surface area (Å²) >= 11 is 0. The fraction of sp³-hybridized carbons (Fsp3) is 1.00. The van der Waals surface area contributed by atoms with Crippen LogP contribution in [0, 0.1) is 5.92 Å². The van der Waals surface area contributed by atoms with Gasteiger partial charge in [0.1, 0.15) is 0 Å². The Hall–Kier alpha value is -0.120. The third kappa shape index (κ3) is 8.08. The second kappa shape index (κ2) is 11.4. The molecule has 0 rings (SSSR count). The first-order valence-corrected chi connectivity index (χ1v) is 6.56. The van der Waals surface area contributed by atoms with Gasteiger partial charge in [-0.2, -0.15) is 0 Å². The first-order chi connectivity index (χ1) is 7.76. The van der Waals surface area contributed by atoms with E-state index in [1.807, 2.05) is 0 Å². The van der Waals surface area contributed by atoms with Gasteiger partial charge in [-0.25, -0.2) is 0 Å². The van der Waals surface area contributed by atoms with Crippen molar-refractivity contribution >= 4 is 0 Å². The van der Waals surface area contributed by atoms with E-state index in [1.54, 1.807) is 7.11 Å². The van der Waals surface area contributed by atoms with Crippen LogP contribution in [-0.2, 0) is 9.47 Å². The first kappa shape index (κ1) is 15.9. The zero-order valence-corrected chi connectivity index (χ0v) is 11.4. The number of hydrogen-bond donors (Lipinski definition) is 1. The molecule has 3 nitrogen and oxygen atoms in total. The van der Waals surface area contributed by atoms with Crippen LogP contribution in [0.4, 0.5) is 0 Å². The average molecular weight is 231 g/mol. The summed E-state index contributed by atoms with van der Waals surface area (Å²) in [7, 11) is 1.70. The van der Waals surface area contributed by atoms with Crippen molar-refractivity contribution in [3.05, 3.63) is 0 Å². The quantitative estimate of drug-likeness (QED) is 0.554. The van der Waals surface area contributed by atoms with Crippen LogP contribution in [0.5, 0.6) is 0 Å². The molecule has 0 aliphatic rings. The normalized spacial score (nSPS) is 15.0. The highest BCUT2D eigenvalue weighted by Gasteiger charge is 2.13. The van der Waals surface area contributed by atoms with Gasteiger partial charge in [0, 0.05) is 19.8 Å². The second-order valence-electron chi connectivity index (χ2n) is 4.30. The fourth-order valence-electron chi connectivity index (χ4n) is 1.96. The monoisotopic (exact) mass is 231 g/mol. The van der Waals surface area contributed by atoms with E-state index >= 15 is 0 Å². The second-order valence-corrected chi connectivity index (χ2v) is 4.30. The van der Waals surface area contributed by atoms with Crippen molar-refractivity contribution < 1.29 is 9.47 Å². The molecular formula is C13H29NO2. The van der Waals surface area contributed by atoms with Crippen molar-refractivity contribution in [2.45, 2.75) is 46.1 Å². The van der Waals surface area contributed by atoms with Crippen molar-refractivity contribution in [3.8, 4) is 0 Å². The Labute approximate surface area is 101 Å². The van der Waals surface area contributed by atoms with Crippen molar-refractivity contribution in [2.24, 2.45) is 5.92 Å². The number of hydrogen-bond acceptors (Lipinski definition) is 3. The van der Waals surface area contributed by atoms with Crippen LogP contribution in [-0.4, -0.2) is 39.5 Å². The Balaban J connectivity index is 3.43. The molecular weight excluding hydrogens is 202 g/mol. The molecule has 3 heteroatoms. The maximum atomic E-state index is 5.45. The summed E-state index contributed by atoms with van der Waals surface area (Å²) in [5.41, 5.74) is 0. The third-order valence-corrected chi connectivity index (χ3v) is 2.97. The van der Waals surface area contributed by atoms with E-state index in [0.29, 0.717) is 12.6 Å². The molecule has 0 fully saturated rings. The van der Waals surface area contributed by atoms with Gasteiger partial charge in [-0.3, -0.25) is 0 Å². The third-order valence-electron chi connectivity index (χ3n) is 2.97. The lowest BCUT2D eigenvalue weighted by atomic mass is 9.95. The topological polar surface area (TPSA) is 30.5 Å². The maximum Gasteiger partial charge on any atom is 0.0700 e. The van der Waals surface area contributed by atoms with Crippen LogP contribution < -0.4 is 5.32 Å². The molecule has 0 radical (unpaired) electrons. The lowest BCUT2D eigenvalue weighted by Gasteiger charge is -2.23. The highest BCUT2D eigenvalue weighted by atomic mass is 16.5. The van der Waals surface area contributed by atoms with Crippen LogP contribution in [0.3, 0.4) is 0 Å². The smallest absolute Gasteiger partial charge is 0.0700 e. The van der Waals surface area contributed by atoms with Crippen LogP contribution in [0.1, 0.15) is 40.0 Å². The summed E-state index contributed by atoms with van der Waals surface area (Å²) in [6.07, 6.45) is 3.59. The lowest BCUT2D eigenvalue weighted by molar-refractivity contribution is 0.0668. The summed E-state index contributed by atoms with van der Waals surface area (Å²) in [6.45, 7) is 10.1. The zero-order chi connectivity index (χ0) is 12.2. The molecule has 0 aliphatic heterocycles. The molecule has 0 saturated carbocycles.